The molecule has 5 aromatic carbocycles. The van der Waals surface area contributed by atoms with Gasteiger partial charge in [-0.15, -0.1) is 10.2 Å². The predicted octanol–water partition coefficient (Wildman–Crippen LogP) is 9.09. The summed E-state index contributed by atoms with van der Waals surface area (Å²) in [5, 5.41) is 9.08. The molecule has 2 amide bonds. The number of aryl methyl sites for hydroxylation is 1. The number of aliphatic imine (C=N–C) groups is 1. The van der Waals surface area contributed by atoms with Gasteiger partial charge < -0.3 is 4.98 Å². The molecule has 6 aromatic rings. The molecule has 0 saturated heterocycles. The zero-order valence-corrected chi connectivity index (χ0v) is 29.6. The van der Waals surface area contributed by atoms with Crippen molar-refractivity contribution in [1.82, 2.24) is 10.4 Å². The Balaban J connectivity index is 1.10. The summed E-state index contributed by atoms with van der Waals surface area (Å²) in [6.45, 7) is 1.94. The molecule has 0 atom stereocenters. The van der Waals surface area contributed by atoms with Crippen molar-refractivity contribution in [1.29, 1.82) is 0 Å². The summed E-state index contributed by atoms with van der Waals surface area (Å²) in [6, 6.07) is 41.6. The number of ketones is 1. The Labute approximate surface area is 316 Å². The van der Waals surface area contributed by atoms with Gasteiger partial charge in [-0.2, -0.15) is 0 Å². The standard InChI is InChI=1S/C45H33N7O3/c1-29-14-8-11-21-37(29)48-49-42(35-20-10-13-23-40(35)53)50-51-44(54)32-24-26-33(27-25-32)52-43(31-17-6-3-7-18-31)47-39(45(52)55)28-36-34-19-9-12-22-38(34)46-41(36)30-15-4-2-5-16-30/h2-28,46,48-49H,1H3/b39-28-,42-35-,51-50?. The summed E-state index contributed by atoms with van der Waals surface area (Å²) in [5.41, 5.74) is 13.4. The number of fused-ring (bicyclic) bond motifs is 1. The highest BCUT2D eigenvalue weighted by Gasteiger charge is 2.33. The van der Waals surface area contributed by atoms with E-state index in [1.165, 1.54) is 6.08 Å². The van der Waals surface area contributed by atoms with E-state index in [4.69, 9.17) is 4.99 Å². The van der Waals surface area contributed by atoms with Crippen LogP contribution in [-0.4, -0.2) is 28.4 Å². The molecule has 1 aliphatic carbocycles. The maximum absolute atomic E-state index is 14.3. The SMILES string of the molecule is Cc1ccccc1NN/C(N=NC(=O)c1ccc(N2C(=O)/C(=C/c3c(-c4ccccc4)[nH]c4ccccc34)N=C2c2ccccc2)cc1)=C1\C=CC=CC1=O. The summed E-state index contributed by atoms with van der Waals surface area (Å²) in [5.74, 6) is -0.699. The molecule has 0 bridgehead atoms. The third kappa shape index (κ3) is 7.07. The van der Waals surface area contributed by atoms with Crippen LogP contribution < -0.4 is 15.8 Å². The molecule has 2 aliphatic rings. The molecular weight excluding hydrogens is 687 g/mol. The number of nitrogens with one attached hydrogen (secondary N) is 3. The number of hydrazine groups is 1. The van der Waals surface area contributed by atoms with Crippen molar-refractivity contribution in [3.05, 3.63) is 197 Å². The molecule has 1 aliphatic heterocycles. The number of aromatic nitrogens is 1. The van der Waals surface area contributed by atoms with Crippen molar-refractivity contribution < 1.29 is 14.4 Å². The van der Waals surface area contributed by atoms with Crippen LogP contribution in [0, 0.1) is 6.92 Å². The number of H-pyrrole nitrogens is 1. The maximum atomic E-state index is 14.3. The van der Waals surface area contributed by atoms with E-state index in [2.05, 4.69) is 26.1 Å². The van der Waals surface area contributed by atoms with Crippen molar-refractivity contribution in [3.8, 4) is 11.3 Å². The van der Waals surface area contributed by atoms with Gasteiger partial charge >= 0.3 is 0 Å². The van der Waals surface area contributed by atoms with E-state index in [-0.39, 0.29) is 34.3 Å². The zero-order chi connectivity index (χ0) is 37.7. The minimum atomic E-state index is -0.636. The molecule has 55 heavy (non-hydrogen) atoms. The molecule has 0 radical (unpaired) electrons. The van der Waals surface area contributed by atoms with Crippen molar-refractivity contribution in [2.75, 3.05) is 10.3 Å². The van der Waals surface area contributed by atoms with E-state index in [1.54, 1.807) is 47.4 Å². The van der Waals surface area contributed by atoms with Crippen LogP contribution in [0.2, 0.25) is 0 Å². The number of allylic oxidation sites excluding steroid dienone is 5. The van der Waals surface area contributed by atoms with Crippen LogP contribution in [0.5, 0.6) is 0 Å². The Hall–Kier alpha value is -7.72. The third-order valence-electron chi connectivity index (χ3n) is 9.20. The predicted molar refractivity (Wildman–Crippen MR) is 216 cm³/mol. The van der Waals surface area contributed by atoms with Crippen LogP contribution in [0.3, 0.4) is 0 Å². The Morgan fingerprint density at radius 1 is 0.745 bits per heavy atom. The lowest BCUT2D eigenvalue weighted by Crippen LogP contribution is -2.32. The second-order valence-corrected chi connectivity index (χ2v) is 12.8. The fourth-order valence-electron chi connectivity index (χ4n) is 6.37. The van der Waals surface area contributed by atoms with Gasteiger partial charge in [0.05, 0.1) is 22.6 Å². The van der Waals surface area contributed by atoms with Crippen molar-refractivity contribution in [3.63, 3.8) is 0 Å². The first-order valence-corrected chi connectivity index (χ1v) is 17.6. The molecule has 266 valence electrons. The average Bonchev–Trinajstić information content (AvgIpc) is 3.76. The molecule has 10 heteroatoms. The van der Waals surface area contributed by atoms with Gasteiger partial charge in [-0.05, 0) is 72.7 Å². The maximum Gasteiger partial charge on any atom is 0.295 e. The van der Waals surface area contributed by atoms with E-state index in [9.17, 15) is 14.4 Å². The van der Waals surface area contributed by atoms with Crippen LogP contribution in [0.25, 0.3) is 28.2 Å². The van der Waals surface area contributed by atoms with E-state index in [0.717, 1.165) is 44.5 Å². The van der Waals surface area contributed by atoms with Gasteiger partial charge in [0.25, 0.3) is 11.8 Å². The minimum absolute atomic E-state index is 0.0788. The van der Waals surface area contributed by atoms with Gasteiger partial charge in [-0.25, -0.2) is 4.99 Å². The van der Waals surface area contributed by atoms with E-state index >= 15 is 0 Å². The number of azo groups is 1. The largest absolute Gasteiger partial charge is 0.354 e. The lowest BCUT2D eigenvalue weighted by molar-refractivity contribution is -0.114. The Morgan fingerprint density at radius 3 is 2.16 bits per heavy atom. The molecule has 3 N–H and O–H groups in total. The van der Waals surface area contributed by atoms with Crippen molar-refractivity contribution in [2.45, 2.75) is 6.92 Å². The third-order valence-corrected chi connectivity index (χ3v) is 9.20. The van der Waals surface area contributed by atoms with Crippen molar-refractivity contribution in [2.24, 2.45) is 15.2 Å². The lowest BCUT2D eigenvalue weighted by Gasteiger charge is -2.18. The number of benzene rings is 5. The molecule has 10 nitrogen and oxygen atoms in total. The summed E-state index contributed by atoms with van der Waals surface area (Å²) in [4.78, 5) is 50.4. The first-order chi connectivity index (χ1) is 26.9. The number of aromatic amines is 1. The first-order valence-electron chi connectivity index (χ1n) is 17.6. The Bertz CT molecular complexity index is 2650. The summed E-state index contributed by atoms with van der Waals surface area (Å²) >= 11 is 0. The van der Waals surface area contributed by atoms with Crippen LogP contribution in [0.4, 0.5) is 11.4 Å². The van der Waals surface area contributed by atoms with E-state index in [0.29, 0.717) is 11.5 Å². The molecule has 0 saturated carbocycles. The number of amides is 2. The van der Waals surface area contributed by atoms with Gasteiger partial charge in [0.15, 0.2) is 11.6 Å². The Morgan fingerprint density at radius 2 is 1.42 bits per heavy atom. The van der Waals surface area contributed by atoms with Gasteiger partial charge in [-0.1, -0.05) is 109 Å². The van der Waals surface area contributed by atoms with Crippen LogP contribution in [0.1, 0.15) is 27.0 Å². The second kappa shape index (κ2) is 15.1. The highest BCUT2D eigenvalue weighted by Crippen LogP contribution is 2.35. The van der Waals surface area contributed by atoms with Gasteiger partial charge in [0, 0.05) is 27.6 Å². The number of carbonyl (C=O) groups is 3. The lowest BCUT2D eigenvalue weighted by atomic mass is 10.0. The molecule has 1 aromatic heterocycles. The highest BCUT2D eigenvalue weighted by atomic mass is 16.2. The number of para-hydroxylation sites is 2. The topological polar surface area (TPSA) is 131 Å². The molecule has 2 heterocycles. The number of amidine groups is 1. The van der Waals surface area contributed by atoms with Crippen LogP contribution >= 0.6 is 0 Å². The first kappa shape index (κ1) is 34.4. The number of anilines is 2. The smallest absolute Gasteiger partial charge is 0.295 e. The fraction of sp³-hybridized carbons (Fsp3) is 0.0222. The average molecular weight is 720 g/mol. The second-order valence-electron chi connectivity index (χ2n) is 12.8. The van der Waals surface area contributed by atoms with Gasteiger partial charge in [-0.3, -0.25) is 30.1 Å². The molecular formula is C45H33N7O3. The molecule has 8 rings (SSSR count). The normalized spacial score (nSPS) is 15.6. The molecule has 0 unspecified atom stereocenters. The van der Waals surface area contributed by atoms with E-state index in [1.807, 2.05) is 122 Å². The van der Waals surface area contributed by atoms with Crippen LogP contribution in [-0.2, 0) is 9.59 Å². The summed E-state index contributed by atoms with van der Waals surface area (Å²) < 4.78 is 0. The minimum Gasteiger partial charge on any atom is -0.354 e. The summed E-state index contributed by atoms with van der Waals surface area (Å²) in [7, 11) is 0. The fourth-order valence-corrected chi connectivity index (χ4v) is 6.37. The zero-order valence-electron chi connectivity index (χ0n) is 29.6. The van der Waals surface area contributed by atoms with E-state index < -0.39 is 5.91 Å². The number of hydrogen-bond donors (Lipinski definition) is 3. The monoisotopic (exact) mass is 719 g/mol. The highest BCUT2D eigenvalue weighted by molar-refractivity contribution is 6.33. The van der Waals surface area contributed by atoms with Crippen LogP contribution in [0.15, 0.2) is 190 Å². The quantitative estimate of drug-likeness (QED) is 0.0780. The van der Waals surface area contributed by atoms with Gasteiger partial charge in [0.1, 0.15) is 11.5 Å². The number of nitrogens with zero attached hydrogens (tertiary/aromatic N) is 4. The number of carbonyl (C=O) groups excluding carboxylic acids is 3. The Kier molecular flexibility index (Phi) is 9.43. The summed E-state index contributed by atoms with van der Waals surface area (Å²) in [6.07, 6.45) is 8.19. The number of hydrogen-bond acceptors (Lipinski definition) is 7. The van der Waals surface area contributed by atoms with Crippen molar-refractivity contribution >= 4 is 51.8 Å². The number of rotatable bonds is 9. The molecule has 0 fully saturated rings. The van der Waals surface area contributed by atoms with Gasteiger partial charge in [0.2, 0.25) is 0 Å². The molecule has 0 spiro atoms.